The van der Waals surface area contributed by atoms with Crippen molar-refractivity contribution in [2.24, 2.45) is 0 Å². The van der Waals surface area contributed by atoms with E-state index in [0.29, 0.717) is 0 Å². The summed E-state index contributed by atoms with van der Waals surface area (Å²) in [4.78, 5) is 0. The van der Waals surface area contributed by atoms with Gasteiger partial charge in [-0.2, -0.15) is 0 Å². The van der Waals surface area contributed by atoms with Gasteiger partial charge in [0.2, 0.25) is 0 Å². The van der Waals surface area contributed by atoms with E-state index in [1.54, 1.807) is 0 Å². The Kier molecular flexibility index (Phi) is 7.76. The largest absolute Gasteiger partial charge is 0.390 e. The van der Waals surface area contributed by atoms with Crippen molar-refractivity contribution in [3.8, 4) is 0 Å². The normalized spacial score (nSPS) is 11.7. The molecule has 0 atom stereocenters. The lowest BCUT2D eigenvalue weighted by molar-refractivity contribution is 0.0213. The minimum atomic E-state index is -0.411. The molecule has 0 aromatic heterocycles. The van der Waals surface area contributed by atoms with Gasteiger partial charge in [0.05, 0.1) is 5.60 Å². The van der Waals surface area contributed by atoms with Gasteiger partial charge in [-0.25, -0.2) is 0 Å². The molecule has 1 N–H and O–H groups in total. The first-order valence-electron chi connectivity index (χ1n) is 6.47. The second-order valence-electron chi connectivity index (χ2n) is 4.64. The molecule has 0 heterocycles. The summed E-state index contributed by atoms with van der Waals surface area (Å²) in [7, 11) is 0. The van der Waals surface area contributed by atoms with Crippen LogP contribution in [0.15, 0.2) is 12.2 Å². The van der Waals surface area contributed by atoms with Gasteiger partial charge in [0, 0.05) is 0 Å². The second-order valence-corrected chi connectivity index (χ2v) is 4.64. The fraction of sp³-hybridized carbons (Fsp3) is 0.857. The van der Waals surface area contributed by atoms with E-state index in [1.807, 2.05) is 0 Å². The molecule has 1 nitrogen and oxygen atoms in total. The summed E-state index contributed by atoms with van der Waals surface area (Å²) in [6, 6.07) is 0. The molecule has 0 aliphatic carbocycles. The molecule has 0 aromatic rings. The number of hydrogen-bond donors (Lipinski definition) is 1. The van der Waals surface area contributed by atoms with Crippen LogP contribution in [0.3, 0.4) is 0 Å². The maximum atomic E-state index is 10.1. The Morgan fingerprint density at radius 2 is 1.67 bits per heavy atom. The Hall–Kier alpha value is -0.300. The summed E-state index contributed by atoms with van der Waals surface area (Å²) < 4.78 is 0. The number of hydrogen-bond acceptors (Lipinski definition) is 1. The number of allylic oxidation sites excluding steroid dienone is 1. The van der Waals surface area contributed by atoms with Crippen LogP contribution in [0.25, 0.3) is 0 Å². The minimum Gasteiger partial charge on any atom is -0.390 e. The van der Waals surface area contributed by atoms with Crippen molar-refractivity contribution in [3.05, 3.63) is 12.2 Å². The van der Waals surface area contributed by atoms with Crippen LogP contribution in [0.2, 0.25) is 0 Å². The summed E-state index contributed by atoms with van der Waals surface area (Å²) in [5.74, 6) is 0. The van der Waals surface area contributed by atoms with Crippen molar-refractivity contribution < 1.29 is 5.11 Å². The molecule has 0 aromatic carbocycles. The minimum absolute atomic E-state index is 0.411. The van der Waals surface area contributed by atoms with E-state index in [-0.39, 0.29) is 0 Å². The van der Waals surface area contributed by atoms with Gasteiger partial charge in [0.1, 0.15) is 0 Å². The molecule has 0 saturated carbocycles. The van der Waals surface area contributed by atoms with Gasteiger partial charge in [0.15, 0.2) is 0 Å². The predicted molar refractivity (Wildman–Crippen MR) is 68.0 cm³/mol. The molecule has 0 rings (SSSR count). The molecule has 0 aliphatic heterocycles. The molecule has 0 fully saturated rings. The van der Waals surface area contributed by atoms with Crippen molar-refractivity contribution in [3.63, 3.8) is 0 Å². The van der Waals surface area contributed by atoms with Gasteiger partial charge < -0.3 is 5.11 Å². The monoisotopic (exact) mass is 212 g/mol. The number of aliphatic hydroxyl groups is 1. The summed E-state index contributed by atoms with van der Waals surface area (Å²) in [5, 5.41) is 10.1. The Morgan fingerprint density at radius 1 is 1.07 bits per heavy atom. The molecule has 0 radical (unpaired) electrons. The van der Waals surface area contributed by atoms with Crippen LogP contribution in [0.4, 0.5) is 0 Å². The first kappa shape index (κ1) is 14.7. The topological polar surface area (TPSA) is 20.2 Å². The zero-order valence-electron chi connectivity index (χ0n) is 10.8. The van der Waals surface area contributed by atoms with Crippen LogP contribution >= 0.6 is 0 Å². The molecule has 90 valence electrons. The molecule has 0 unspecified atom stereocenters. The van der Waals surface area contributed by atoms with Crippen LogP contribution in [0.1, 0.15) is 72.1 Å². The van der Waals surface area contributed by atoms with Crippen molar-refractivity contribution in [1.29, 1.82) is 0 Å². The standard InChI is InChI=1S/C14H28O/c1-5-10-13(4)11-8-9-12-14(15,6-2)7-3/h15H,4-12H2,1-3H3. The lowest BCUT2D eigenvalue weighted by atomic mass is 9.90. The Labute approximate surface area is 95.6 Å². The molecule has 0 bridgehead atoms. The van der Waals surface area contributed by atoms with E-state index in [9.17, 15) is 5.11 Å². The quantitative estimate of drug-likeness (QED) is 0.442. The van der Waals surface area contributed by atoms with Gasteiger partial charge in [-0.1, -0.05) is 45.8 Å². The van der Waals surface area contributed by atoms with Crippen LogP contribution in [-0.2, 0) is 0 Å². The zero-order chi connectivity index (χ0) is 11.7. The third-order valence-corrected chi connectivity index (χ3v) is 3.34. The molecule has 15 heavy (non-hydrogen) atoms. The molecular weight excluding hydrogens is 184 g/mol. The van der Waals surface area contributed by atoms with Crippen molar-refractivity contribution in [2.75, 3.05) is 0 Å². The van der Waals surface area contributed by atoms with E-state index < -0.39 is 5.60 Å². The maximum absolute atomic E-state index is 10.1. The Bertz CT molecular complexity index is 168. The fourth-order valence-corrected chi connectivity index (χ4v) is 1.91. The van der Waals surface area contributed by atoms with E-state index in [0.717, 1.165) is 38.5 Å². The highest BCUT2D eigenvalue weighted by Crippen LogP contribution is 2.23. The van der Waals surface area contributed by atoms with E-state index in [4.69, 9.17) is 0 Å². The smallest absolute Gasteiger partial charge is 0.0642 e. The highest BCUT2D eigenvalue weighted by molar-refractivity contribution is 4.93. The van der Waals surface area contributed by atoms with E-state index in [2.05, 4.69) is 27.4 Å². The SMILES string of the molecule is C=C(CCC)CCCCC(O)(CC)CC. The number of rotatable bonds is 9. The molecular formula is C14H28O. The Balaban J connectivity index is 3.57. The van der Waals surface area contributed by atoms with Gasteiger partial charge >= 0.3 is 0 Å². The summed E-state index contributed by atoms with van der Waals surface area (Å²) >= 11 is 0. The van der Waals surface area contributed by atoms with Crippen molar-refractivity contribution in [2.45, 2.75) is 77.7 Å². The predicted octanol–water partition coefficient (Wildman–Crippen LogP) is 4.45. The van der Waals surface area contributed by atoms with E-state index >= 15 is 0 Å². The third-order valence-electron chi connectivity index (χ3n) is 3.34. The van der Waals surface area contributed by atoms with Crippen LogP contribution in [0, 0.1) is 0 Å². The van der Waals surface area contributed by atoms with Gasteiger partial charge in [-0.15, -0.1) is 0 Å². The molecule has 0 saturated heterocycles. The summed E-state index contributed by atoms with van der Waals surface area (Å²) in [5.41, 5.74) is 0.959. The van der Waals surface area contributed by atoms with Crippen LogP contribution in [-0.4, -0.2) is 10.7 Å². The summed E-state index contributed by atoms with van der Waals surface area (Å²) in [6.07, 6.45) is 8.50. The average molecular weight is 212 g/mol. The van der Waals surface area contributed by atoms with E-state index in [1.165, 1.54) is 18.4 Å². The first-order valence-corrected chi connectivity index (χ1v) is 6.47. The third kappa shape index (κ3) is 6.72. The van der Waals surface area contributed by atoms with Gasteiger partial charge in [0.25, 0.3) is 0 Å². The molecule has 0 amide bonds. The van der Waals surface area contributed by atoms with Gasteiger partial charge in [-0.3, -0.25) is 0 Å². The van der Waals surface area contributed by atoms with Crippen LogP contribution < -0.4 is 0 Å². The lowest BCUT2D eigenvalue weighted by Gasteiger charge is -2.25. The second kappa shape index (κ2) is 7.92. The molecule has 1 heteroatoms. The average Bonchev–Trinajstić information content (AvgIpc) is 2.24. The fourth-order valence-electron chi connectivity index (χ4n) is 1.91. The van der Waals surface area contributed by atoms with Crippen molar-refractivity contribution >= 4 is 0 Å². The Morgan fingerprint density at radius 3 is 2.13 bits per heavy atom. The highest BCUT2D eigenvalue weighted by Gasteiger charge is 2.20. The zero-order valence-corrected chi connectivity index (χ0v) is 10.8. The van der Waals surface area contributed by atoms with Gasteiger partial charge in [-0.05, 0) is 38.5 Å². The highest BCUT2D eigenvalue weighted by atomic mass is 16.3. The van der Waals surface area contributed by atoms with Crippen molar-refractivity contribution in [1.82, 2.24) is 0 Å². The number of unbranched alkanes of at least 4 members (excludes halogenated alkanes) is 1. The molecule has 0 spiro atoms. The maximum Gasteiger partial charge on any atom is 0.0642 e. The van der Waals surface area contributed by atoms with Crippen LogP contribution in [0.5, 0.6) is 0 Å². The molecule has 0 aliphatic rings. The summed E-state index contributed by atoms with van der Waals surface area (Å²) in [6.45, 7) is 10.4. The first-order chi connectivity index (χ1) is 7.08. The lowest BCUT2D eigenvalue weighted by Crippen LogP contribution is -2.26.